The molecule has 39 heavy (non-hydrogen) atoms. The lowest BCUT2D eigenvalue weighted by Gasteiger charge is -2.22. The second-order valence-electron chi connectivity index (χ2n) is 8.81. The number of unbranched alkanes of at least 4 members (excludes halogenated alkanes) is 1. The van der Waals surface area contributed by atoms with Crippen LogP contribution in [0.3, 0.4) is 0 Å². The maximum absolute atomic E-state index is 13.3. The first-order valence-corrected chi connectivity index (χ1v) is 14.3. The summed E-state index contributed by atoms with van der Waals surface area (Å²) in [5.74, 6) is -0.482. The predicted octanol–water partition coefficient (Wildman–Crippen LogP) is 6.03. The highest BCUT2D eigenvalue weighted by Gasteiger charge is 2.48. The highest BCUT2D eigenvalue weighted by atomic mass is 32.2. The van der Waals surface area contributed by atoms with E-state index in [0.29, 0.717) is 33.6 Å². The minimum absolute atomic E-state index is 0.0265. The fraction of sp³-hybridized carbons (Fsp3) is 0.207. The van der Waals surface area contributed by atoms with Crippen molar-refractivity contribution in [1.82, 2.24) is 15.2 Å². The van der Waals surface area contributed by atoms with Crippen molar-refractivity contribution in [2.75, 3.05) is 11.5 Å². The van der Waals surface area contributed by atoms with Crippen LogP contribution in [0.5, 0.6) is 5.75 Å². The van der Waals surface area contributed by atoms with Gasteiger partial charge in [0.1, 0.15) is 11.5 Å². The average molecular weight is 559 g/mol. The minimum Gasteiger partial charge on any atom is -0.507 e. The summed E-state index contributed by atoms with van der Waals surface area (Å²) < 4.78 is 6.38. The molecule has 0 spiro atoms. The van der Waals surface area contributed by atoms with Crippen LogP contribution in [-0.4, -0.2) is 38.6 Å². The highest BCUT2D eigenvalue weighted by molar-refractivity contribution is 8.00. The maximum atomic E-state index is 13.3. The molecule has 0 saturated carbocycles. The van der Waals surface area contributed by atoms with Gasteiger partial charge in [-0.3, -0.25) is 19.5 Å². The molecule has 3 heterocycles. The summed E-state index contributed by atoms with van der Waals surface area (Å²) in [6.07, 6.45) is 5.15. The van der Waals surface area contributed by atoms with Crippen molar-refractivity contribution in [3.8, 4) is 5.75 Å². The van der Waals surface area contributed by atoms with Gasteiger partial charge in [-0.1, -0.05) is 72.8 Å². The molecule has 1 amide bonds. The smallest absolute Gasteiger partial charge is 0.301 e. The van der Waals surface area contributed by atoms with E-state index in [9.17, 15) is 14.7 Å². The van der Waals surface area contributed by atoms with Gasteiger partial charge < -0.3 is 9.84 Å². The molecular weight excluding hydrogens is 532 g/mol. The summed E-state index contributed by atoms with van der Waals surface area (Å²) in [7, 11) is 0. The third kappa shape index (κ3) is 5.86. The molecule has 5 rings (SSSR count). The number of Topliss-reactive ketones (excluding diaryl/α,β-unsaturated/α-hetero) is 1. The Kier molecular flexibility index (Phi) is 8.33. The first kappa shape index (κ1) is 26.6. The van der Waals surface area contributed by atoms with Crippen molar-refractivity contribution >= 4 is 45.7 Å². The van der Waals surface area contributed by atoms with Crippen LogP contribution in [0, 0.1) is 0 Å². The third-order valence-corrected chi connectivity index (χ3v) is 8.27. The number of amides is 1. The van der Waals surface area contributed by atoms with Crippen LogP contribution in [0.4, 0.5) is 5.13 Å². The van der Waals surface area contributed by atoms with Crippen molar-refractivity contribution in [1.29, 1.82) is 0 Å². The quantitative estimate of drug-likeness (QED) is 0.0628. The van der Waals surface area contributed by atoms with Crippen LogP contribution in [0.1, 0.15) is 42.5 Å². The van der Waals surface area contributed by atoms with Crippen molar-refractivity contribution in [3.05, 3.63) is 101 Å². The molecule has 1 aliphatic heterocycles. The molecule has 198 valence electrons. The lowest BCUT2D eigenvalue weighted by molar-refractivity contribution is -0.132. The number of thioether (sulfide) groups is 1. The number of carbonyl (C=O) groups is 2. The molecule has 2 aromatic carbocycles. The number of aromatic nitrogens is 3. The van der Waals surface area contributed by atoms with Crippen molar-refractivity contribution < 1.29 is 19.4 Å². The molecule has 10 heteroatoms. The monoisotopic (exact) mass is 558 g/mol. The summed E-state index contributed by atoms with van der Waals surface area (Å²) in [6, 6.07) is 19.4. The molecule has 1 saturated heterocycles. The Hall–Kier alpha value is -4.02. The number of benzene rings is 2. The Balaban J connectivity index is 1.47. The number of aliphatic hydroxyl groups is 1. The summed E-state index contributed by atoms with van der Waals surface area (Å²) in [6.45, 7) is 2.69. The van der Waals surface area contributed by atoms with E-state index in [4.69, 9.17) is 4.74 Å². The van der Waals surface area contributed by atoms with Crippen LogP contribution in [0.2, 0.25) is 0 Å². The Morgan fingerprint density at radius 1 is 1.05 bits per heavy atom. The summed E-state index contributed by atoms with van der Waals surface area (Å²) in [5.41, 5.74) is 2.09. The van der Waals surface area contributed by atoms with Gasteiger partial charge in [-0.25, -0.2) is 0 Å². The zero-order chi connectivity index (χ0) is 27.2. The molecular formula is C29H26N4O4S2. The first-order chi connectivity index (χ1) is 19.1. The SMILES string of the molecule is CCCCOc1ccc(C(O)=C2C(=O)C(=O)N(c3nnc(SCc4ccccc4)s3)[C@@H]2c2cccnc2)cc1. The van der Waals surface area contributed by atoms with E-state index in [2.05, 4.69) is 22.1 Å². The number of rotatable bonds is 10. The van der Waals surface area contributed by atoms with Crippen molar-refractivity contribution in [2.24, 2.45) is 0 Å². The molecule has 0 aliphatic carbocycles. The van der Waals surface area contributed by atoms with Crippen LogP contribution in [-0.2, 0) is 15.3 Å². The van der Waals surface area contributed by atoms with Gasteiger partial charge in [0.05, 0.1) is 18.2 Å². The molecule has 1 atom stereocenters. The number of pyridine rings is 1. The molecule has 2 aromatic heterocycles. The summed E-state index contributed by atoms with van der Waals surface area (Å²) >= 11 is 2.73. The number of nitrogens with zero attached hydrogens (tertiary/aromatic N) is 4. The zero-order valence-corrected chi connectivity index (χ0v) is 22.8. The van der Waals surface area contributed by atoms with E-state index >= 15 is 0 Å². The Morgan fingerprint density at radius 3 is 2.56 bits per heavy atom. The predicted molar refractivity (Wildman–Crippen MR) is 152 cm³/mol. The molecule has 1 N–H and O–H groups in total. The Labute approximate surface area is 234 Å². The van der Waals surface area contributed by atoms with Crippen LogP contribution < -0.4 is 9.64 Å². The molecule has 4 aromatic rings. The second-order valence-corrected chi connectivity index (χ2v) is 11.0. The van der Waals surface area contributed by atoms with Gasteiger partial charge in [0, 0.05) is 23.7 Å². The summed E-state index contributed by atoms with van der Waals surface area (Å²) in [5, 5.41) is 20.1. The zero-order valence-electron chi connectivity index (χ0n) is 21.2. The molecule has 0 unspecified atom stereocenters. The van der Waals surface area contributed by atoms with Gasteiger partial charge in [0.15, 0.2) is 4.34 Å². The van der Waals surface area contributed by atoms with E-state index in [0.717, 1.165) is 18.4 Å². The number of aliphatic hydroxyl groups excluding tert-OH is 1. The maximum Gasteiger partial charge on any atom is 0.301 e. The fourth-order valence-electron chi connectivity index (χ4n) is 4.16. The number of hydrogen-bond donors (Lipinski definition) is 1. The van der Waals surface area contributed by atoms with Crippen molar-refractivity contribution in [3.63, 3.8) is 0 Å². The van der Waals surface area contributed by atoms with Crippen LogP contribution in [0.25, 0.3) is 5.76 Å². The number of anilines is 1. The van der Waals surface area contributed by atoms with E-state index in [-0.39, 0.29) is 16.5 Å². The minimum atomic E-state index is -0.904. The van der Waals surface area contributed by atoms with Crippen molar-refractivity contribution in [2.45, 2.75) is 35.9 Å². The lowest BCUT2D eigenvalue weighted by Crippen LogP contribution is -2.29. The Morgan fingerprint density at radius 2 is 1.85 bits per heavy atom. The van der Waals surface area contributed by atoms with E-state index < -0.39 is 17.7 Å². The van der Waals surface area contributed by atoms with Gasteiger partial charge in [0.25, 0.3) is 5.78 Å². The second kappa shape index (κ2) is 12.2. The lowest BCUT2D eigenvalue weighted by atomic mass is 9.96. The normalized spacial score (nSPS) is 16.5. The van der Waals surface area contributed by atoms with Gasteiger partial charge in [-0.15, -0.1) is 10.2 Å². The van der Waals surface area contributed by atoms with E-state index in [1.807, 2.05) is 30.3 Å². The van der Waals surface area contributed by atoms with Gasteiger partial charge >= 0.3 is 5.91 Å². The first-order valence-electron chi connectivity index (χ1n) is 12.5. The number of carbonyl (C=O) groups excluding carboxylic acids is 2. The largest absolute Gasteiger partial charge is 0.507 e. The third-order valence-electron chi connectivity index (χ3n) is 6.15. The highest BCUT2D eigenvalue weighted by Crippen LogP contribution is 2.44. The van der Waals surface area contributed by atoms with Crippen LogP contribution >= 0.6 is 23.1 Å². The van der Waals surface area contributed by atoms with E-state index in [1.54, 1.807) is 48.8 Å². The topological polar surface area (TPSA) is 106 Å². The molecule has 0 bridgehead atoms. The fourth-order valence-corrected chi connectivity index (χ4v) is 5.98. The number of hydrogen-bond acceptors (Lipinski definition) is 9. The van der Waals surface area contributed by atoms with Gasteiger partial charge in [-0.05, 0) is 47.9 Å². The van der Waals surface area contributed by atoms with Crippen LogP contribution in [0.15, 0.2) is 89.0 Å². The Bertz CT molecular complexity index is 1470. The van der Waals surface area contributed by atoms with Gasteiger partial charge in [0.2, 0.25) is 5.13 Å². The summed E-state index contributed by atoms with van der Waals surface area (Å²) in [4.78, 5) is 32.2. The standard InChI is InChI=1S/C29H26N4O4S2/c1-2-3-16-37-22-13-11-20(12-14-22)25(34)23-24(21-10-7-15-30-17-21)33(27(36)26(23)35)28-31-32-29(39-28)38-18-19-8-5-4-6-9-19/h4-15,17,24,34H,2-3,16,18H2,1H3/t24-/m1/s1. The molecule has 1 aliphatic rings. The average Bonchev–Trinajstić information content (AvgIpc) is 3.55. The molecule has 1 fully saturated rings. The molecule has 0 radical (unpaired) electrons. The number of ether oxygens (including phenoxy) is 1. The molecule has 8 nitrogen and oxygen atoms in total. The van der Waals surface area contributed by atoms with Gasteiger partial charge in [-0.2, -0.15) is 0 Å². The number of ketones is 1. The van der Waals surface area contributed by atoms with E-state index in [1.165, 1.54) is 28.0 Å².